The molecular formula is C19H14N+. The van der Waals surface area contributed by atoms with Crippen LogP contribution in [0.1, 0.15) is 0 Å². The molecule has 0 atom stereocenters. The summed E-state index contributed by atoms with van der Waals surface area (Å²) in [7, 11) is 0. The first-order valence-corrected chi connectivity index (χ1v) is 6.81. The number of pyridine rings is 1. The molecule has 0 amide bonds. The van der Waals surface area contributed by atoms with E-state index in [0.717, 1.165) is 5.69 Å². The maximum atomic E-state index is 3.54. The highest BCUT2D eigenvalue weighted by atomic mass is 14.7. The number of rotatable bonds is 1. The Labute approximate surface area is 117 Å². The Bertz CT molecular complexity index is 895. The zero-order valence-electron chi connectivity index (χ0n) is 11.0. The summed E-state index contributed by atoms with van der Waals surface area (Å²) in [4.78, 5) is 3.54. The third kappa shape index (κ3) is 1.76. The van der Waals surface area contributed by atoms with E-state index in [1.807, 2.05) is 6.07 Å². The van der Waals surface area contributed by atoms with Gasteiger partial charge in [0.1, 0.15) is 0 Å². The molecule has 20 heavy (non-hydrogen) atoms. The van der Waals surface area contributed by atoms with E-state index in [-0.39, 0.29) is 0 Å². The third-order valence-electron chi connectivity index (χ3n) is 3.74. The molecule has 1 heteroatoms. The second-order valence-corrected chi connectivity index (χ2v) is 4.99. The normalized spacial score (nSPS) is 11.0. The van der Waals surface area contributed by atoms with Gasteiger partial charge in [0, 0.05) is 17.7 Å². The van der Waals surface area contributed by atoms with Crippen LogP contribution in [-0.2, 0) is 0 Å². The van der Waals surface area contributed by atoms with Crippen LogP contribution >= 0.6 is 0 Å². The number of hydrogen-bond acceptors (Lipinski definition) is 0. The molecule has 1 aromatic heterocycles. The average Bonchev–Trinajstić information content (AvgIpc) is 2.55. The van der Waals surface area contributed by atoms with Crippen molar-refractivity contribution in [2.45, 2.75) is 0 Å². The molecule has 1 N–H and O–H groups in total. The van der Waals surface area contributed by atoms with Crippen molar-refractivity contribution in [3.63, 3.8) is 0 Å². The van der Waals surface area contributed by atoms with Gasteiger partial charge in [-0.3, -0.25) is 0 Å². The molecular weight excluding hydrogens is 242 g/mol. The molecule has 0 spiro atoms. The van der Waals surface area contributed by atoms with Crippen molar-refractivity contribution in [3.8, 4) is 11.3 Å². The average molecular weight is 256 g/mol. The van der Waals surface area contributed by atoms with Crippen LogP contribution in [0.3, 0.4) is 0 Å². The highest BCUT2D eigenvalue weighted by Gasteiger charge is 2.09. The minimum Gasteiger partial charge on any atom is -0.204 e. The topological polar surface area (TPSA) is 14.1 Å². The van der Waals surface area contributed by atoms with Crippen LogP contribution in [0.4, 0.5) is 0 Å². The predicted molar refractivity (Wildman–Crippen MR) is 83.4 cm³/mol. The van der Waals surface area contributed by atoms with E-state index < -0.39 is 0 Å². The van der Waals surface area contributed by atoms with E-state index in [2.05, 4.69) is 77.8 Å². The number of aromatic amines is 1. The molecule has 4 rings (SSSR count). The molecule has 1 nitrogen and oxygen atoms in total. The molecule has 0 radical (unpaired) electrons. The van der Waals surface area contributed by atoms with Crippen LogP contribution in [0.25, 0.3) is 32.9 Å². The summed E-state index contributed by atoms with van der Waals surface area (Å²) in [6.45, 7) is 0. The van der Waals surface area contributed by atoms with E-state index in [4.69, 9.17) is 0 Å². The molecule has 0 unspecified atom stereocenters. The van der Waals surface area contributed by atoms with Gasteiger partial charge >= 0.3 is 0 Å². The highest BCUT2D eigenvalue weighted by molar-refractivity contribution is 6.05. The fourth-order valence-electron chi connectivity index (χ4n) is 2.72. The van der Waals surface area contributed by atoms with E-state index in [0.29, 0.717) is 0 Å². The Kier molecular flexibility index (Phi) is 2.49. The number of H-pyrrole nitrogens is 1. The first-order valence-electron chi connectivity index (χ1n) is 6.81. The Balaban J connectivity index is 1.99. The SMILES string of the molecule is c1ccc(-c2ccc3c(ccc4ccccc43)[nH+]2)cc1. The van der Waals surface area contributed by atoms with Gasteiger partial charge in [-0.1, -0.05) is 42.5 Å². The first kappa shape index (κ1) is 11.2. The van der Waals surface area contributed by atoms with Gasteiger partial charge < -0.3 is 0 Å². The van der Waals surface area contributed by atoms with E-state index >= 15 is 0 Å². The molecule has 0 saturated heterocycles. The Morgan fingerprint density at radius 3 is 2.25 bits per heavy atom. The van der Waals surface area contributed by atoms with Gasteiger partial charge in [-0.05, 0) is 35.0 Å². The zero-order valence-corrected chi connectivity index (χ0v) is 11.0. The summed E-state index contributed by atoms with van der Waals surface area (Å²) in [6.07, 6.45) is 0. The van der Waals surface area contributed by atoms with Crippen LogP contribution in [0.15, 0.2) is 78.9 Å². The number of hydrogen-bond donors (Lipinski definition) is 0. The number of aromatic nitrogens is 1. The fourth-order valence-corrected chi connectivity index (χ4v) is 2.72. The molecule has 0 fully saturated rings. The minimum atomic E-state index is 1.15. The van der Waals surface area contributed by atoms with Crippen LogP contribution in [0.5, 0.6) is 0 Å². The van der Waals surface area contributed by atoms with Crippen molar-refractivity contribution in [1.29, 1.82) is 0 Å². The van der Waals surface area contributed by atoms with Gasteiger partial charge in [-0.15, -0.1) is 0 Å². The maximum absolute atomic E-state index is 3.54. The summed E-state index contributed by atoms with van der Waals surface area (Å²) < 4.78 is 0. The molecule has 4 aromatic rings. The lowest BCUT2D eigenvalue weighted by Crippen LogP contribution is -2.07. The largest absolute Gasteiger partial charge is 0.211 e. The van der Waals surface area contributed by atoms with Crippen LogP contribution in [0, 0.1) is 0 Å². The van der Waals surface area contributed by atoms with Crippen molar-refractivity contribution in [1.82, 2.24) is 0 Å². The zero-order chi connectivity index (χ0) is 13.4. The molecule has 0 saturated carbocycles. The Morgan fingerprint density at radius 2 is 1.35 bits per heavy atom. The van der Waals surface area contributed by atoms with Gasteiger partial charge in [-0.2, -0.15) is 0 Å². The Morgan fingerprint density at radius 1 is 0.550 bits per heavy atom. The van der Waals surface area contributed by atoms with E-state index in [1.54, 1.807) is 0 Å². The highest BCUT2D eigenvalue weighted by Crippen LogP contribution is 2.24. The van der Waals surface area contributed by atoms with Gasteiger partial charge in [0.05, 0.1) is 5.39 Å². The summed E-state index contributed by atoms with van der Waals surface area (Å²) in [5.74, 6) is 0. The first-order chi connectivity index (χ1) is 9.92. The quantitative estimate of drug-likeness (QED) is 0.446. The minimum absolute atomic E-state index is 1.15. The van der Waals surface area contributed by atoms with Crippen molar-refractivity contribution in [2.75, 3.05) is 0 Å². The summed E-state index contributed by atoms with van der Waals surface area (Å²) in [5.41, 5.74) is 3.53. The van der Waals surface area contributed by atoms with Gasteiger partial charge in [0.2, 0.25) is 11.2 Å². The van der Waals surface area contributed by atoms with Crippen LogP contribution in [0.2, 0.25) is 0 Å². The molecule has 0 bridgehead atoms. The van der Waals surface area contributed by atoms with Crippen LogP contribution in [-0.4, -0.2) is 0 Å². The smallest absolute Gasteiger partial charge is 0.204 e. The van der Waals surface area contributed by atoms with Gasteiger partial charge in [-0.25, -0.2) is 4.98 Å². The second kappa shape index (κ2) is 4.46. The molecule has 0 aliphatic heterocycles. The lowest BCUT2D eigenvalue weighted by molar-refractivity contribution is -0.330. The van der Waals surface area contributed by atoms with E-state index in [9.17, 15) is 0 Å². The van der Waals surface area contributed by atoms with E-state index in [1.165, 1.54) is 27.2 Å². The monoisotopic (exact) mass is 256 g/mol. The maximum Gasteiger partial charge on any atom is 0.211 e. The van der Waals surface area contributed by atoms with Crippen molar-refractivity contribution in [3.05, 3.63) is 78.9 Å². The van der Waals surface area contributed by atoms with Gasteiger partial charge in [0.25, 0.3) is 0 Å². The predicted octanol–water partition coefficient (Wildman–Crippen LogP) is 4.47. The summed E-state index contributed by atoms with van der Waals surface area (Å²) in [5, 5.41) is 3.84. The van der Waals surface area contributed by atoms with Gasteiger partial charge in [0.15, 0.2) is 0 Å². The van der Waals surface area contributed by atoms with Crippen LogP contribution < -0.4 is 4.98 Å². The fraction of sp³-hybridized carbons (Fsp3) is 0. The number of fused-ring (bicyclic) bond motifs is 3. The Hall–Kier alpha value is -2.67. The van der Waals surface area contributed by atoms with Crippen molar-refractivity contribution in [2.24, 2.45) is 0 Å². The third-order valence-corrected chi connectivity index (χ3v) is 3.74. The molecule has 94 valence electrons. The number of benzene rings is 3. The molecule has 0 aliphatic carbocycles. The molecule has 1 heterocycles. The second-order valence-electron chi connectivity index (χ2n) is 4.99. The van der Waals surface area contributed by atoms with Crippen molar-refractivity contribution < 1.29 is 4.98 Å². The lowest BCUT2D eigenvalue weighted by Gasteiger charge is -2.01. The standard InChI is InChI=1S/C19H13N/c1-2-7-15(8-3-1)18-13-11-17-16-9-5-4-6-14(16)10-12-19(17)20-18/h1-13H/p+1. The lowest BCUT2D eigenvalue weighted by atomic mass is 10.0. The molecule has 0 aliphatic rings. The van der Waals surface area contributed by atoms with Crippen molar-refractivity contribution >= 4 is 21.7 Å². The summed E-state index contributed by atoms with van der Waals surface area (Å²) in [6, 6.07) is 27.6. The molecule has 3 aromatic carbocycles. The number of nitrogens with one attached hydrogen (secondary N) is 1. The summed E-state index contributed by atoms with van der Waals surface area (Å²) >= 11 is 0.